The highest BCUT2D eigenvalue weighted by molar-refractivity contribution is 7.99. The van der Waals surface area contributed by atoms with Crippen molar-refractivity contribution in [1.29, 1.82) is 0 Å². The van der Waals surface area contributed by atoms with Crippen molar-refractivity contribution in [1.82, 2.24) is 5.32 Å². The van der Waals surface area contributed by atoms with Crippen molar-refractivity contribution in [2.24, 2.45) is 0 Å². The van der Waals surface area contributed by atoms with Gasteiger partial charge >= 0.3 is 0 Å². The maximum Gasteiger partial charge on any atom is 0.161 e. The molecule has 0 fully saturated rings. The molecule has 0 aliphatic heterocycles. The van der Waals surface area contributed by atoms with Gasteiger partial charge in [-0.3, -0.25) is 0 Å². The molecule has 0 saturated heterocycles. The van der Waals surface area contributed by atoms with E-state index in [1.54, 1.807) is 14.2 Å². The van der Waals surface area contributed by atoms with Gasteiger partial charge in [0.25, 0.3) is 0 Å². The van der Waals surface area contributed by atoms with Crippen LogP contribution in [0.5, 0.6) is 11.5 Å². The Labute approximate surface area is 121 Å². The average molecular weight is 283 g/mol. The molecule has 1 aromatic rings. The molecule has 2 unspecified atom stereocenters. The van der Waals surface area contributed by atoms with Gasteiger partial charge < -0.3 is 14.8 Å². The highest BCUT2D eigenvalue weighted by Crippen LogP contribution is 2.31. The summed E-state index contributed by atoms with van der Waals surface area (Å²) in [5, 5.41) is 4.06. The molecule has 0 heterocycles. The van der Waals surface area contributed by atoms with Crippen molar-refractivity contribution in [3.8, 4) is 11.5 Å². The topological polar surface area (TPSA) is 30.5 Å². The second kappa shape index (κ2) is 8.33. The van der Waals surface area contributed by atoms with Gasteiger partial charge in [-0.15, -0.1) is 0 Å². The molecule has 0 bridgehead atoms. The first-order valence-corrected chi connectivity index (χ1v) is 7.71. The van der Waals surface area contributed by atoms with E-state index >= 15 is 0 Å². The van der Waals surface area contributed by atoms with Crippen molar-refractivity contribution < 1.29 is 9.47 Å². The van der Waals surface area contributed by atoms with E-state index < -0.39 is 0 Å². The van der Waals surface area contributed by atoms with Crippen molar-refractivity contribution in [3.63, 3.8) is 0 Å². The third kappa shape index (κ3) is 4.62. The Balaban J connectivity index is 2.80. The van der Waals surface area contributed by atoms with E-state index in [1.807, 2.05) is 24.9 Å². The van der Waals surface area contributed by atoms with Gasteiger partial charge in [0.2, 0.25) is 0 Å². The summed E-state index contributed by atoms with van der Waals surface area (Å²) >= 11 is 1.99. The van der Waals surface area contributed by atoms with E-state index in [-0.39, 0.29) is 0 Å². The van der Waals surface area contributed by atoms with Crippen LogP contribution in [0.1, 0.15) is 31.9 Å². The molecule has 4 heteroatoms. The molecule has 0 radical (unpaired) electrons. The zero-order chi connectivity index (χ0) is 14.3. The molecule has 0 aliphatic carbocycles. The quantitative estimate of drug-likeness (QED) is 0.791. The second-order valence-corrected chi connectivity index (χ2v) is 5.98. The van der Waals surface area contributed by atoms with E-state index in [9.17, 15) is 0 Å². The molecule has 0 aliphatic rings. The third-order valence-corrected chi connectivity index (χ3v) is 4.71. The largest absolute Gasteiger partial charge is 0.493 e. The predicted molar refractivity (Wildman–Crippen MR) is 83.6 cm³/mol. The molecule has 19 heavy (non-hydrogen) atoms. The fourth-order valence-corrected chi connectivity index (χ4v) is 2.91. The van der Waals surface area contributed by atoms with Crippen LogP contribution in [-0.4, -0.2) is 32.3 Å². The Morgan fingerprint density at radius 1 is 1.21 bits per heavy atom. The Bertz CT molecular complexity index is 384. The fraction of sp³-hybridized carbons (Fsp3) is 0.600. The number of nitrogens with one attached hydrogen (secondary N) is 1. The van der Waals surface area contributed by atoms with Gasteiger partial charge in [-0.1, -0.05) is 19.9 Å². The lowest BCUT2D eigenvalue weighted by atomic mass is 10.1. The van der Waals surface area contributed by atoms with Crippen molar-refractivity contribution in [3.05, 3.63) is 23.8 Å². The first-order valence-electron chi connectivity index (χ1n) is 6.67. The minimum absolute atomic E-state index is 0.332. The second-order valence-electron chi connectivity index (χ2n) is 4.51. The highest BCUT2D eigenvalue weighted by atomic mass is 32.2. The van der Waals surface area contributed by atoms with Gasteiger partial charge in [-0.2, -0.15) is 11.8 Å². The number of benzene rings is 1. The zero-order valence-corrected chi connectivity index (χ0v) is 13.3. The van der Waals surface area contributed by atoms with Crippen LogP contribution >= 0.6 is 11.8 Å². The normalized spacial score (nSPS) is 13.9. The summed E-state index contributed by atoms with van der Waals surface area (Å²) in [4.78, 5) is 0. The van der Waals surface area contributed by atoms with Crippen LogP contribution in [0, 0.1) is 0 Å². The molecule has 0 saturated carbocycles. The molecule has 0 aromatic heterocycles. The summed E-state index contributed by atoms with van der Waals surface area (Å²) in [5.41, 5.74) is 1.23. The van der Waals surface area contributed by atoms with Crippen LogP contribution in [0.25, 0.3) is 0 Å². The first-order chi connectivity index (χ1) is 9.15. The van der Waals surface area contributed by atoms with Gasteiger partial charge in [-0.25, -0.2) is 0 Å². The van der Waals surface area contributed by atoms with E-state index in [0.29, 0.717) is 11.3 Å². The highest BCUT2D eigenvalue weighted by Gasteiger charge is 2.14. The fourth-order valence-electron chi connectivity index (χ4n) is 1.79. The standard InChI is InChI=1S/C15H25NO2S/c1-6-11(2)19-10-13(16-3)12-7-8-14(17-4)15(9-12)18-5/h7-9,11,13,16H,6,10H2,1-5H3. The number of methoxy groups -OCH3 is 2. The summed E-state index contributed by atoms with van der Waals surface area (Å²) in [5.74, 6) is 2.62. The van der Waals surface area contributed by atoms with Crippen LogP contribution in [0.3, 0.4) is 0 Å². The monoisotopic (exact) mass is 283 g/mol. The number of thioether (sulfide) groups is 1. The molecule has 1 aromatic carbocycles. The Hall–Kier alpha value is -0.870. The van der Waals surface area contributed by atoms with Crippen molar-refractivity contribution in [2.45, 2.75) is 31.6 Å². The summed E-state index contributed by atoms with van der Waals surface area (Å²) in [6, 6.07) is 6.45. The molecule has 3 nitrogen and oxygen atoms in total. The molecular weight excluding hydrogens is 258 g/mol. The van der Waals surface area contributed by atoms with E-state index in [0.717, 1.165) is 17.3 Å². The van der Waals surface area contributed by atoms with Crippen LogP contribution in [-0.2, 0) is 0 Å². The summed E-state index contributed by atoms with van der Waals surface area (Å²) in [6.45, 7) is 4.49. The molecule has 1 N–H and O–H groups in total. The number of hydrogen-bond acceptors (Lipinski definition) is 4. The number of rotatable bonds is 8. The smallest absolute Gasteiger partial charge is 0.161 e. The zero-order valence-electron chi connectivity index (χ0n) is 12.5. The molecule has 108 valence electrons. The lowest BCUT2D eigenvalue weighted by molar-refractivity contribution is 0.354. The third-order valence-electron chi connectivity index (χ3n) is 3.28. The van der Waals surface area contributed by atoms with E-state index in [4.69, 9.17) is 9.47 Å². The lowest BCUT2D eigenvalue weighted by Gasteiger charge is -2.19. The summed E-state index contributed by atoms with van der Waals surface area (Å²) < 4.78 is 10.6. The first kappa shape index (κ1) is 16.2. The van der Waals surface area contributed by atoms with Gasteiger partial charge in [0.05, 0.1) is 14.2 Å². The Morgan fingerprint density at radius 2 is 1.89 bits per heavy atom. The van der Waals surface area contributed by atoms with Crippen molar-refractivity contribution in [2.75, 3.05) is 27.0 Å². The van der Waals surface area contributed by atoms with E-state index in [2.05, 4.69) is 31.3 Å². The van der Waals surface area contributed by atoms with Gasteiger partial charge in [-0.05, 0) is 31.2 Å². The van der Waals surface area contributed by atoms with Crippen molar-refractivity contribution >= 4 is 11.8 Å². The number of hydrogen-bond donors (Lipinski definition) is 1. The molecule has 2 atom stereocenters. The summed E-state index contributed by atoms with van der Waals surface area (Å²) in [6.07, 6.45) is 1.20. The summed E-state index contributed by atoms with van der Waals surface area (Å²) in [7, 11) is 5.33. The lowest BCUT2D eigenvalue weighted by Crippen LogP contribution is -2.19. The van der Waals surface area contributed by atoms with Crippen LogP contribution < -0.4 is 14.8 Å². The van der Waals surface area contributed by atoms with Gasteiger partial charge in [0.1, 0.15) is 0 Å². The Kier molecular flexibility index (Phi) is 7.10. The number of ether oxygens (including phenoxy) is 2. The predicted octanol–water partition coefficient (Wildman–Crippen LogP) is 3.50. The average Bonchev–Trinajstić information content (AvgIpc) is 2.47. The molecule has 1 rings (SSSR count). The Morgan fingerprint density at radius 3 is 2.42 bits per heavy atom. The van der Waals surface area contributed by atoms with Gasteiger partial charge in [0, 0.05) is 17.0 Å². The maximum atomic E-state index is 5.36. The minimum Gasteiger partial charge on any atom is -0.493 e. The minimum atomic E-state index is 0.332. The SMILES string of the molecule is CCC(C)SCC(NC)c1ccc(OC)c(OC)c1. The van der Waals surface area contributed by atoms with Crippen LogP contribution in [0.15, 0.2) is 18.2 Å². The molecular formula is C15H25NO2S. The van der Waals surface area contributed by atoms with Crippen LogP contribution in [0.2, 0.25) is 0 Å². The molecule has 0 spiro atoms. The van der Waals surface area contributed by atoms with Crippen LogP contribution in [0.4, 0.5) is 0 Å². The molecule has 0 amide bonds. The van der Waals surface area contributed by atoms with E-state index in [1.165, 1.54) is 12.0 Å². The van der Waals surface area contributed by atoms with Gasteiger partial charge in [0.15, 0.2) is 11.5 Å². The maximum absolute atomic E-state index is 5.36.